The number of carbonyl (C=O) groups is 2. The van der Waals surface area contributed by atoms with Crippen molar-refractivity contribution >= 4 is 23.4 Å². The van der Waals surface area contributed by atoms with Crippen LogP contribution in [0.25, 0.3) is 0 Å². The van der Waals surface area contributed by atoms with Crippen molar-refractivity contribution in [3.05, 3.63) is 34.9 Å². The highest BCUT2D eigenvalue weighted by atomic mass is 35.5. The SMILES string of the molecule is O=C(NC1CCCCCCC1)[C@H]1CCC(=O)N(Cc2ccc(Cl)cc2)C1. The van der Waals surface area contributed by atoms with Crippen molar-refractivity contribution in [2.45, 2.75) is 70.4 Å². The minimum atomic E-state index is -0.0922. The molecule has 0 spiro atoms. The van der Waals surface area contributed by atoms with E-state index in [1.165, 1.54) is 32.1 Å². The van der Waals surface area contributed by atoms with Crippen molar-refractivity contribution in [1.82, 2.24) is 10.2 Å². The molecule has 26 heavy (non-hydrogen) atoms. The van der Waals surface area contributed by atoms with Gasteiger partial charge >= 0.3 is 0 Å². The van der Waals surface area contributed by atoms with E-state index in [0.717, 1.165) is 18.4 Å². The Balaban J connectivity index is 1.55. The van der Waals surface area contributed by atoms with Crippen LogP contribution in [0.1, 0.15) is 63.4 Å². The standard InChI is InChI=1S/C21H29ClN2O2/c22-18-11-8-16(9-12-18)14-24-15-17(10-13-20(24)25)21(26)23-19-6-4-2-1-3-5-7-19/h8-9,11-12,17,19H,1-7,10,13-15H2,(H,23,26)/t17-/m0/s1. The molecule has 1 N–H and O–H groups in total. The summed E-state index contributed by atoms with van der Waals surface area (Å²) in [5.74, 6) is 0.171. The molecule has 0 unspecified atom stereocenters. The molecule has 142 valence electrons. The van der Waals surface area contributed by atoms with E-state index in [4.69, 9.17) is 11.6 Å². The van der Waals surface area contributed by atoms with Gasteiger partial charge in [-0.3, -0.25) is 9.59 Å². The van der Waals surface area contributed by atoms with Crippen LogP contribution in [0, 0.1) is 5.92 Å². The monoisotopic (exact) mass is 376 g/mol. The van der Waals surface area contributed by atoms with E-state index in [2.05, 4.69) is 5.32 Å². The number of nitrogens with zero attached hydrogens (tertiary/aromatic N) is 1. The first-order valence-electron chi connectivity index (χ1n) is 9.94. The van der Waals surface area contributed by atoms with Gasteiger partial charge in [-0.25, -0.2) is 0 Å². The Labute approximate surface area is 161 Å². The molecule has 1 saturated heterocycles. The van der Waals surface area contributed by atoms with E-state index in [-0.39, 0.29) is 17.7 Å². The minimum absolute atomic E-state index is 0.0922. The number of piperidine rings is 1. The van der Waals surface area contributed by atoms with Crippen molar-refractivity contribution in [2.24, 2.45) is 5.92 Å². The molecule has 3 rings (SSSR count). The molecule has 2 fully saturated rings. The van der Waals surface area contributed by atoms with Crippen LogP contribution in [-0.2, 0) is 16.1 Å². The third-order valence-electron chi connectivity index (χ3n) is 5.61. The average molecular weight is 377 g/mol. The number of halogens is 1. The van der Waals surface area contributed by atoms with Gasteiger partial charge in [0, 0.05) is 30.6 Å². The predicted octanol–water partition coefficient (Wildman–Crippen LogP) is 4.31. The van der Waals surface area contributed by atoms with Crippen molar-refractivity contribution in [2.75, 3.05) is 6.54 Å². The van der Waals surface area contributed by atoms with Crippen molar-refractivity contribution < 1.29 is 9.59 Å². The molecule has 1 aliphatic heterocycles. The van der Waals surface area contributed by atoms with Crippen LogP contribution in [0.4, 0.5) is 0 Å². The molecule has 1 atom stereocenters. The third-order valence-corrected chi connectivity index (χ3v) is 5.86. The summed E-state index contributed by atoms with van der Waals surface area (Å²) in [7, 11) is 0. The lowest BCUT2D eigenvalue weighted by atomic mass is 9.93. The number of hydrogen-bond acceptors (Lipinski definition) is 2. The predicted molar refractivity (Wildman–Crippen MR) is 104 cm³/mol. The van der Waals surface area contributed by atoms with Crippen molar-refractivity contribution in [3.8, 4) is 0 Å². The Morgan fingerprint density at radius 2 is 1.69 bits per heavy atom. The fourth-order valence-corrected chi connectivity index (χ4v) is 4.14. The lowest BCUT2D eigenvalue weighted by Crippen LogP contribution is -2.47. The second-order valence-electron chi connectivity index (χ2n) is 7.69. The summed E-state index contributed by atoms with van der Waals surface area (Å²) in [6, 6.07) is 7.86. The number of nitrogens with one attached hydrogen (secondary N) is 1. The van der Waals surface area contributed by atoms with Gasteiger partial charge in [0.15, 0.2) is 0 Å². The van der Waals surface area contributed by atoms with Gasteiger partial charge in [0.05, 0.1) is 5.92 Å². The van der Waals surface area contributed by atoms with Gasteiger partial charge in [-0.05, 0) is 37.0 Å². The van der Waals surface area contributed by atoms with Crippen LogP contribution >= 0.6 is 11.6 Å². The molecule has 1 aromatic rings. The summed E-state index contributed by atoms with van der Waals surface area (Å²) in [5.41, 5.74) is 1.05. The second-order valence-corrected chi connectivity index (χ2v) is 8.12. The van der Waals surface area contributed by atoms with Gasteiger partial charge < -0.3 is 10.2 Å². The van der Waals surface area contributed by atoms with Crippen molar-refractivity contribution in [3.63, 3.8) is 0 Å². The highest BCUT2D eigenvalue weighted by Gasteiger charge is 2.31. The maximum absolute atomic E-state index is 12.7. The Bertz CT molecular complexity index is 609. The van der Waals surface area contributed by atoms with Crippen LogP contribution in [0.2, 0.25) is 5.02 Å². The largest absolute Gasteiger partial charge is 0.353 e. The Hall–Kier alpha value is -1.55. The first-order valence-corrected chi connectivity index (χ1v) is 10.3. The number of likely N-dealkylation sites (tertiary alicyclic amines) is 1. The fraction of sp³-hybridized carbons (Fsp3) is 0.619. The maximum Gasteiger partial charge on any atom is 0.225 e. The molecule has 0 aromatic heterocycles. The van der Waals surface area contributed by atoms with Crippen LogP contribution in [0.15, 0.2) is 24.3 Å². The normalized spacial score (nSPS) is 22.6. The molecular formula is C21H29ClN2O2. The molecular weight excluding hydrogens is 348 g/mol. The molecule has 4 nitrogen and oxygen atoms in total. The van der Waals surface area contributed by atoms with Gasteiger partial charge in [-0.15, -0.1) is 0 Å². The number of rotatable bonds is 4. The van der Waals surface area contributed by atoms with Gasteiger partial charge in [0.2, 0.25) is 11.8 Å². The van der Waals surface area contributed by atoms with Gasteiger partial charge in [-0.1, -0.05) is 55.8 Å². The molecule has 1 aliphatic carbocycles. The third kappa shape index (κ3) is 5.47. The molecule has 0 bridgehead atoms. The molecule has 2 aliphatic rings. The summed E-state index contributed by atoms with van der Waals surface area (Å²) in [6.45, 7) is 1.06. The number of amides is 2. The van der Waals surface area contributed by atoms with Gasteiger partial charge in [0.1, 0.15) is 0 Å². The highest BCUT2D eigenvalue weighted by molar-refractivity contribution is 6.30. The first-order chi connectivity index (χ1) is 12.6. The number of benzene rings is 1. The summed E-state index contributed by atoms with van der Waals surface area (Å²) >= 11 is 5.93. The first kappa shape index (κ1) is 19.2. The maximum atomic E-state index is 12.7. The minimum Gasteiger partial charge on any atom is -0.353 e. The Kier molecular flexibility index (Phi) is 6.95. The molecule has 1 saturated carbocycles. The zero-order valence-corrected chi connectivity index (χ0v) is 16.1. The Morgan fingerprint density at radius 3 is 2.38 bits per heavy atom. The molecule has 5 heteroatoms. The quantitative estimate of drug-likeness (QED) is 0.851. The van der Waals surface area contributed by atoms with E-state index >= 15 is 0 Å². The van der Waals surface area contributed by atoms with E-state index in [1.807, 2.05) is 29.2 Å². The highest BCUT2D eigenvalue weighted by Crippen LogP contribution is 2.22. The summed E-state index contributed by atoms with van der Waals surface area (Å²) in [5, 5.41) is 3.96. The van der Waals surface area contributed by atoms with E-state index in [0.29, 0.717) is 37.0 Å². The summed E-state index contributed by atoms with van der Waals surface area (Å²) < 4.78 is 0. The Morgan fingerprint density at radius 1 is 1.04 bits per heavy atom. The summed E-state index contributed by atoms with van der Waals surface area (Å²) in [4.78, 5) is 26.8. The zero-order chi connectivity index (χ0) is 18.4. The lowest BCUT2D eigenvalue weighted by molar-refractivity contribution is -0.139. The fourth-order valence-electron chi connectivity index (χ4n) is 4.01. The van der Waals surface area contributed by atoms with Crippen LogP contribution < -0.4 is 5.32 Å². The molecule has 1 aromatic carbocycles. The lowest BCUT2D eigenvalue weighted by Gasteiger charge is -2.33. The second kappa shape index (κ2) is 9.40. The average Bonchev–Trinajstić information content (AvgIpc) is 2.61. The number of carbonyl (C=O) groups excluding carboxylic acids is 2. The van der Waals surface area contributed by atoms with Gasteiger partial charge in [-0.2, -0.15) is 0 Å². The van der Waals surface area contributed by atoms with E-state index < -0.39 is 0 Å². The molecule has 0 radical (unpaired) electrons. The van der Waals surface area contributed by atoms with Crippen molar-refractivity contribution in [1.29, 1.82) is 0 Å². The number of hydrogen-bond donors (Lipinski definition) is 1. The van der Waals surface area contributed by atoms with Crippen LogP contribution in [0.3, 0.4) is 0 Å². The van der Waals surface area contributed by atoms with Crippen LogP contribution in [0.5, 0.6) is 0 Å². The molecule has 1 heterocycles. The topological polar surface area (TPSA) is 49.4 Å². The summed E-state index contributed by atoms with van der Waals surface area (Å²) in [6.07, 6.45) is 9.58. The smallest absolute Gasteiger partial charge is 0.225 e. The van der Waals surface area contributed by atoms with Gasteiger partial charge in [0.25, 0.3) is 0 Å². The van der Waals surface area contributed by atoms with E-state index in [1.54, 1.807) is 0 Å². The molecule has 2 amide bonds. The zero-order valence-electron chi connectivity index (χ0n) is 15.4. The van der Waals surface area contributed by atoms with E-state index in [9.17, 15) is 9.59 Å². The van der Waals surface area contributed by atoms with Crippen LogP contribution in [-0.4, -0.2) is 29.3 Å².